The van der Waals surface area contributed by atoms with Crippen molar-refractivity contribution in [3.05, 3.63) is 0 Å². The number of Topliss-reactive ketones (excluding diaryl/α,β-unsaturated/α-hetero) is 2. The minimum Gasteiger partial charge on any atom is -0.375 e. The molecule has 0 bridgehead atoms. The molecule has 0 heterocycles. The van der Waals surface area contributed by atoms with Gasteiger partial charge >= 0.3 is 0 Å². The normalized spacial score (nSPS) is 15.3. The molecule has 12 heavy (non-hydrogen) atoms. The third kappa shape index (κ3) is 2.91. The second-order valence-corrected chi connectivity index (χ2v) is 3.22. The minimum absolute atomic E-state index is 0.149. The second kappa shape index (κ2) is 4.58. The highest BCUT2D eigenvalue weighted by molar-refractivity contribution is 6.18. The maximum Gasteiger partial charge on any atom is 0.177 e. The first-order chi connectivity index (χ1) is 5.42. The third-order valence-corrected chi connectivity index (χ3v) is 2.03. The molecule has 4 heteroatoms. The summed E-state index contributed by atoms with van der Waals surface area (Å²) in [6.45, 7) is 2.41. The molecule has 0 amide bonds. The summed E-state index contributed by atoms with van der Waals surface area (Å²) < 4.78 is 0. The van der Waals surface area contributed by atoms with Crippen LogP contribution in [0.15, 0.2) is 0 Å². The molecular formula is C8H13ClO3. The molecule has 3 nitrogen and oxygen atoms in total. The van der Waals surface area contributed by atoms with Gasteiger partial charge < -0.3 is 5.11 Å². The molecule has 0 aromatic heterocycles. The maximum absolute atomic E-state index is 11.1. The quantitative estimate of drug-likeness (QED) is 0.521. The van der Waals surface area contributed by atoms with E-state index in [2.05, 4.69) is 0 Å². The molecule has 0 unspecified atom stereocenters. The Hall–Kier alpha value is -0.410. The Labute approximate surface area is 76.7 Å². The minimum atomic E-state index is -1.83. The van der Waals surface area contributed by atoms with E-state index in [0.717, 1.165) is 0 Å². The van der Waals surface area contributed by atoms with Crippen molar-refractivity contribution in [1.29, 1.82) is 0 Å². The molecule has 0 aromatic rings. The second-order valence-electron chi connectivity index (χ2n) is 2.84. The highest BCUT2D eigenvalue weighted by atomic mass is 35.5. The lowest BCUT2D eigenvalue weighted by Crippen LogP contribution is -2.42. The topological polar surface area (TPSA) is 54.4 Å². The van der Waals surface area contributed by atoms with Gasteiger partial charge in [-0.15, -0.1) is 11.6 Å². The molecule has 0 saturated heterocycles. The van der Waals surface area contributed by atoms with Crippen LogP contribution >= 0.6 is 11.6 Å². The van der Waals surface area contributed by atoms with Crippen LogP contribution in [0.2, 0.25) is 0 Å². The molecule has 0 fully saturated rings. The lowest BCUT2D eigenvalue weighted by atomic mass is 9.94. The fourth-order valence-electron chi connectivity index (χ4n) is 0.667. The van der Waals surface area contributed by atoms with E-state index in [1.54, 1.807) is 0 Å². The summed E-state index contributed by atoms with van der Waals surface area (Å²) in [6.07, 6.45) is 0.639. The fraction of sp³-hybridized carbons (Fsp3) is 0.750. The van der Waals surface area contributed by atoms with Crippen LogP contribution in [0.1, 0.15) is 26.7 Å². The number of ketones is 2. The van der Waals surface area contributed by atoms with Gasteiger partial charge in [0, 0.05) is 12.3 Å². The molecule has 0 saturated carbocycles. The molecule has 0 aliphatic carbocycles. The third-order valence-electron chi connectivity index (χ3n) is 1.77. The molecule has 0 aliphatic heterocycles. The van der Waals surface area contributed by atoms with Gasteiger partial charge in [0.1, 0.15) is 0 Å². The number of alkyl halides is 1. The van der Waals surface area contributed by atoms with Crippen molar-refractivity contribution in [3.63, 3.8) is 0 Å². The number of hydrogen-bond acceptors (Lipinski definition) is 3. The van der Waals surface area contributed by atoms with Gasteiger partial charge in [0.05, 0.1) is 0 Å². The SMILES string of the molecule is CC(=O)[C@@](C)(O)C(=O)CCCCl. The van der Waals surface area contributed by atoms with Crippen molar-refractivity contribution in [2.75, 3.05) is 5.88 Å². The molecule has 0 rings (SSSR count). The molecular weight excluding hydrogens is 180 g/mol. The molecule has 1 N–H and O–H groups in total. The molecule has 70 valence electrons. The number of halogens is 1. The van der Waals surface area contributed by atoms with Gasteiger partial charge in [-0.3, -0.25) is 9.59 Å². The van der Waals surface area contributed by atoms with E-state index >= 15 is 0 Å². The van der Waals surface area contributed by atoms with E-state index in [-0.39, 0.29) is 6.42 Å². The lowest BCUT2D eigenvalue weighted by Gasteiger charge is -2.17. The maximum atomic E-state index is 11.1. The van der Waals surface area contributed by atoms with Crippen LogP contribution in [0.4, 0.5) is 0 Å². The first-order valence-corrected chi connectivity index (χ1v) is 4.29. The van der Waals surface area contributed by atoms with Crippen molar-refractivity contribution in [3.8, 4) is 0 Å². The predicted octanol–water partition coefficient (Wildman–Crippen LogP) is 0.914. The fourth-order valence-corrected chi connectivity index (χ4v) is 0.801. The standard InChI is InChI=1S/C8H13ClO3/c1-6(10)8(2,12)7(11)4-3-5-9/h12H,3-5H2,1-2H3/t8-/m1/s1. The van der Waals surface area contributed by atoms with Gasteiger partial charge in [0.25, 0.3) is 0 Å². The zero-order chi connectivity index (χ0) is 9.78. The summed E-state index contributed by atoms with van der Waals surface area (Å²) in [4.78, 5) is 21.9. The Bertz CT molecular complexity index is 187. The van der Waals surface area contributed by atoms with Gasteiger partial charge in [0.15, 0.2) is 17.2 Å². The van der Waals surface area contributed by atoms with Gasteiger partial charge in [-0.25, -0.2) is 0 Å². The van der Waals surface area contributed by atoms with Gasteiger partial charge in [-0.2, -0.15) is 0 Å². The summed E-state index contributed by atoms with van der Waals surface area (Å²) in [5, 5.41) is 9.34. The van der Waals surface area contributed by atoms with E-state index in [1.165, 1.54) is 13.8 Å². The Morgan fingerprint density at radius 1 is 1.50 bits per heavy atom. The largest absolute Gasteiger partial charge is 0.375 e. The number of rotatable bonds is 5. The van der Waals surface area contributed by atoms with Crippen LogP contribution in [-0.2, 0) is 9.59 Å². The Kier molecular flexibility index (Phi) is 4.42. The Morgan fingerprint density at radius 2 is 2.00 bits per heavy atom. The molecule has 1 atom stereocenters. The monoisotopic (exact) mass is 192 g/mol. The van der Waals surface area contributed by atoms with Crippen LogP contribution in [0.25, 0.3) is 0 Å². The van der Waals surface area contributed by atoms with Crippen LogP contribution < -0.4 is 0 Å². The Morgan fingerprint density at radius 3 is 2.33 bits per heavy atom. The average molecular weight is 193 g/mol. The van der Waals surface area contributed by atoms with Crippen LogP contribution in [0, 0.1) is 0 Å². The van der Waals surface area contributed by atoms with Crippen molar-refractivity contribution in [1.82, 2.24) is 0 Å². The molecule has 0 spiro atoms. The van der Waals surface area contributed by atoms with Crippen LogP contribution in [0.5, 0.6) is 0 Å². The van der Waals surface area contributed by atoms with Crippen LogP contribution in [0.3, 0.4) is 0 Å². The number of aliphatic hydroxyl groups is 1. The van der Waals surface area contributed by atoms with Crippen LogP contribution in [-0.4, -0.2) is 28.2 Å². The summed E-state index contributed by atoms with van der Waals surface area (Å²) in [5.74, 6) is -0.627. The zero-order valence-electron chi connectivity index (χ0n) is 7.26. The number of carbonyl (C=O) groups excluding carboxylic acids is 2. The first-order valence-electron chi connectivity index (χ1n) is 3.75. The van der Waals surface area contributed by atoms with Crippen molar-refractivity contribution in [2.45, 2.75) is 32.3 Å². The van der Waals surface area contributed by atoms with Gasteiger partial charge in [-0.1, -0.05) is 0 Å². The van der Waals surface area contributed by atoms with Gasteiger partial charge in [0.2, 0.25) is 0 Å². The summed E-state index contributed by atoms with van der Waals surface area (Å²) in [7, 11) is 0. The van der Waals surface area contributed by atoms with Crippen molar-refractivity contribution in [2.24, 2.45) is 0 Å². The van der Waals surface area contributed by atoms with E-state index in [9.17, 15) is 14.7 Å². The molecule has 0 radical (unpaired) electrons. The molecule has 0 aliphatic rings. The molecule has 0 aromatic carbocycles. The number of carbonyl (C=O) groups is 2. The van der Waals surface area contributed by atoms with E-state index in [0.29, 0.717) is 12.3 Å². The van der Waals surface area contributed by atoms with Gasteiger partial charge in [-0.05, 0) is 20.3 Å². The summed E-state index contributed by atoms with van der Waals surface area (Å²) in [6, 6.07) is 0. The average Bonchev–Trinajstić information content (AvgIpc) is 1.99. The zero-order valence-corrected chi connectivity index (χ0v) is 8.02. The highest BCUT2D eigenvalue weighted by Gasteiger charge is 2.34. The smallest absolute Gasteiger partial charge is 0.177 e. The van der Waals surface area contributed by atoms with E-state index in [4.69, 9.17) is 11.6 Å². The predicted molar refractivity (Wildman–Crippen MR) is 46.3 cm³/mol. The van der Waals surface area contributed by atoms with E-state index in [1.807, 2.05) is 0 Å². The first kappa shape index (κ1) is 11.6. The Balaban J connectivity index is 4.16. The summed E-state index contributed by atoms with van der Waals surface area (Å²) in [5.41, 5.74) is -1.83. The van der Waals surface area contributed by atoms with Crippen molar-refractivity contribution >= 4 is 23.2 Å². The number of hydrogen-bond donors (Lipinski definition) is 1. The lowest BCUT2D eigenvalue weighted by molar-refractivity contribution is -0.147. The van der Waals surface area contributed by atoms with E-state index < -0.39 is 17.2 Å². The van der Waals surface area contributed by atoms with Crippen molar-refractivity contribution < 1.29 is 14.7 Å². The summed E-state index contributed by atoms with van der Waals surface area (Å²) >= 11 is 5.36. The highest BCUT2D eigenvalue weighted by Crippen LogP contribution is 2.10.